The Morgan fingerprint density at radius 2 is 1.93 bits per heavy atom. The van der Waals surface area contributed by atoms with Crippen molar-refractivity contribution in [2.45, 2.75) is 26.1 Å². The van der Waals surface area contributed by atoms with E-state index >= 15 is 0 Å². The normalized spacial score (nSPS) is 19.6. The van der Waals surface area contributed by atoms with Crippen LogP contribution in [0.4, 0.5) is 0 Å². The minimum absolute atomic E-state index is 0.124. The van der Waals surface area contributed by atoms with Crippen molar-refractivity contribution in [3.05, 3.63) is 28.7 Å². The molecule has 1 aliphatic heterocycles. The number of primary amides is 1. The van der Waals surface area contributed by atoms with E-state index in [1.807, 2.05) is 0 Å². The van der Waals surface area contributed by atoms with Crippen molar-refractivity contribution < 1.29 is 28.1 Å². The topological polar surface area (TPSA) is 147 Å². The molecule has 11 heteroatoms. The maximum Gasteiger partial charge on any atom is 0.276 e. The Kier molecular flexibility index (Phi) is 5.51. The van der Waals surface area contributed by atoms with Gasteiger partial charge in [-0.2, -0.15) is 4.98 Å². The molecular formula is C16H21N5O6. The summed E-state index contributed by atoms with van der Waals surface area (Å²) >= 11 is 0. The standard InChI is InChI=1S/C16H21N5O6/c1-8-11(6-24-2)13(20-26-8)16(23)21-4-9(14(17)22)10(5-21)15-18-12(7-25-3)19-27-15/h9-10H,4-7H2,1-3H3,(H2,17,22)/t9-,10-/m1/s1. The van der Waals surface area contributed by atoms with Crippen LogP contribution in [0.15, 0.2) is 9.05 Å². The molecule has 3 heterocycles. The molecule has 1 aliphatic rings. The monoisotopic (exact) mass is 379 g/mol. The molecule has 3 rings (SSSR count). The second-order valence-electron chi connectivity index (χ2n) is 6.31. The third kappa shape index (κ3) is 3.69. The zero-order valence-corrected chi connectivity index (χ0v) is 15.3. The first-order valence-electron chi connectivity index (χ1n) is 8.30. The van der Waals surface area contributed by atoms with E-state index < -0.39 is 17.7 Å². The molecule has 1 saturated heterocycles. The van der Waals surface area contributed by atoms with Crippen LogP contribution in [0.3, 0.4) is 0 Å². The van der Waals surface area contributed by atoms with Crippen molar-refractivity contribution >= 4 is 11.8 Å². The number of aromatic nitrogens is 3. The average Bonchev–Trinajstić information content (AvgIpc) is 3.34. The van der Waals surface area contributed by atoms with E-state index in [0.717, 1.165) is 0 Å². The molecule has 0 spiro atoms. The highest BCUT2D eigenvalue weighted by molar-refractivity contribution is 5.94. The Morgan fingerprint density at radius 3 is 2.59 bits per heavy atom. The van der Waals surface area contributed by atoms with Gasteiger partial charge in [0, 0.05) is 27.3 Å². The number of amides is 2. The fourth-order valence-corrected chi connectivity index (χ4v) is 3.14. The number of carbonyl (C=O) groups excluding carboxylic acids is 2. The van der Waals surface area contributed by atoms with Gasteiger partial charge in [0.1, 0.15) is 12.4 Å². The lowest BCUT2D eigenvalue weighted by Crippen LogP contribution is -2.32. The van der Waals surface area contributed by atoms with E-state index in [1.165, 1.54) is 19.1 Å². The number of hydrogen-bond donors (Lipinski definition) is 1. The van der Waals surface area contributed by atoms with Gasteiger partial charge >= 0.3 is 0 Å². The summed E-state index contributed by atoms with van der Waals surface area (Å²) in [6.45, 7) is 2.39. The Balaban J connectivity index is 1.83. The van der Waals surface area contributed by atoms with Gasteiger partial charge in [0.05, 0.1) is 24.0 Å². The largest absolute Gasteiger partial charge is 0.380 e. The second kappa shape index (κ2) is 7.84. The van der Waals surface area contributed by atoms with Crippen LogP contribution >= 0.6 is 0 Å². The number of hydrogen-bond acceptors (Lipinski definition) is 9. The number of carbonyl (C=O) groups is 2. The van der Waals surface area contributed by atoms with Gasteiger partial charge in [-0.05, 0) is 6.92 Å². The molecular weight excluding hydrogens is 358 g/mol. The average molecular weight is 379 g/mol. The number of methoxy groups -OCH3 is 2. The number of aryl methyl sites for hydroxylation is 1. The van der Waals surface area contributed by atoms with Gasteiger partial charge in [-0.15, -0.1) is 0 Å². The highest BCUT2D eigenvalue weighted by Crippen LogP contribution is 2.33. The van der Waals surface area contributed by atoms with E-state index in [4.69, 9.17) is 24.3 Å². The summed E-state index contributed by atoms with van der Waals surface area (Å²) in [5, 5.41) is 7.65. The number of likely N-dealkylation sites (tertiary alicyclic amines) is 1. The molecule has 0 aromatic carbocycles. The molecule has 2 N–H and O–H groups in total. The van der Waals surface area contributed by atoms with Crippen LogP contribution in [0.2, 0.25) is 0 Å². The Labute approximate surface area is 154 Å². The molecule has 0 saturated carbocycles. The van der Waals surface area contributed by atoms with Gasteiger partial charge in [0.15, 0.2) is 11.5 Å². The summed E-state index contributed by atoms with van der Waals surface area (Å²) in [6, 6.07) is 0. The second-order valence-corrected chi connectivity index (χ2v) is 6.31. The number of rotatable bonds is 7. The molecule has 27 heavy (non-hydrogen) atoms. The molecule has 146 valence electrons. The SMILES string of the molecule is COCc1noc([C@@H]2CN(C(=O)c3noc(C)c3COC)C[C@H]2C(N)=O)n1. The molecule has 0 radical (unpaired) electrons. The Bertz CT molecular complexity index is 831. The first-order valence-corrected chi connectivity index (χ1v) is 8.30. The summed E-state index contributed by atoms with van der Waals surface area (Å²) in [5.41, 5.74) is 6.26. The lowest BCUT2D eigenvalue weighted by molar-refractivity contribution is -0.121. The Morgan fingerprint density at radius 1 is 1.19 bits per heavy atom. The van der Waals surface area contributed by atoms with Crippen LogP contribution in [0.25, 0.3) is 0 Å². The summed E-state index contributed by atoms with van der Waals surface area (Å²) < 4.78 is 20.4. The molecule has 2 aromatic heterocycles. The van der Waals surface area contributed by atoms with Crippen molar-refractivity contribution in [3.63, 3.8) is 0 Å². The van der Waals surface area contributed by atoms with E-state index in [-0.39, 0.29) is 43.8 Å². The fourth-order valence-electron chi connectivity index (χ4n) is 3.14. The van der Waals surface area contributed by atoms with Gasteiger partial charge in [-0.1, -0.05) is 10.3 Å². The van der Waals surface area contributed by atoms with Gasteiger partial charge in [0.25, 0.3) is 5.91 Å². The summed E-state index contributed by atoms with van der Waals surface area (Å²) in [7, 11) is 3.03. The van der Waals surface area contributed by atoms with Crippen molar-refractivity contribution in [2.75, 3.05) is 27.3 Å². The first-order chi connectivity index (χ1) is 13.0. The van der Waals surface area contributed by atoms with E-state index in [1.54, 1.807) is 6.92 Å². The fraction of sp³-hybridized carbons (Fsp3) is 0.562. The van der Waals surface area contributed by atoms with Gasteiger partial charge in [0.2, 0.25) is 11.8 Å². The van der Waals surface area contributed by atoms with Crippen LogP contribution in [-0.4, -0.2) is 59.3 Å². The van der Waals surface area contributed by atoms with E-state index in [0.29, 0.717) is 17.1 Å². The van der Waals surface area contributed by atoms with Crippen molar-refractivity contribution in [1.29, 1.82) is 0 Å². The van der Waals surface area contributed by atoms with Crippen LogP contribution in [0, 0.1) is 12.8 Å². The van der Waals surface area contributed by atoms with Crippen LogP contribution in [0.5, 0.6) is 0 Å². The molecule has 0 bridgehead atoms. The van der Waals surface area contributed by atoms with Gasteiger partial charge < -0.3 is 29.2 Å². The van der Waals surface area contributed by atoms with Crippen LogP contribution < -0.4 is 5.73 Å². The lowest BCUT2D eigenvalue weighted by atomic mass is 9.95. The molecule has 2 atom stereocenters. The van der Waals surface area contributed by atoms with Crippen molar-refractivity contribution in [2.24, 2.45) is 11.7 Å². The third-order valence-electron chi connectivity index (χ3n) is 4.52. The smallest absolute Gasteiger partial charge is 0.276 e. The number of ether oxygens (including phenoxy) is 2. The summed E-state index contributed by atoms with van der Waals surface area (Å²) in [4.78, 5) is 30.5. The van der Waals surface area contributed by atoms with E-state index in [9.17, 15) is 9.59 Å². The highest BCUT2D eigenvalue weighted by Gasteiger charge is 2.43. The zero-order chi connectivity index (χ0) is 19.6. The summed E-state index contributed by atoms with van der Waals surface area (Å²) in [6.07, 6.45) is 0. The quantitative estimate of drug-likeness (QED) is 0.702. The van der Waals surface area contributed by atoms with Crippen LogP contribution in [-0.2, 0) is 27.5 Å². The number of nitrogens with zero attached hydrogens (tertiary/aromatic N) is 4. The predicted octanol–water partition coefficient (Wildman–Crippen LogP) is -0.0000800. The van der Waals surface area contributed by atoms with Crippen molar-refractivity contribution in [1.82, 2.24) is 20.2 Å². The summed E-state index contributed by atoms with van der Waals surface area (Å²) in [5.74, 6) is -0.959. The Hall–Kier alpha value is -2.79. The zero-order valence-electron chi connectivity index (χ0n) is 15.3. The number of nitrogens with two attached hydrogens (primary N) is 1. The van der Waals surface area contributed by atoms with Gasteiger partial charge in [-0.25, -0.2) is 0 Å². The maximum absolute atomic E-state index is 12.9. The molecule has 2 amide bonds. The van der Waals surface area contributed by atoms with E-state index in [2.05, 4.69) is 15.3 Å². The molecule has 0 aliphatic carbocycles. The van der Waals surface area contributed by atoms with Gasteiger partial charge in [-0.3, -0.25) is 9.59 Å². The molecule has 0 unspecified atom stereocenters. The van der Waals surface area contributed by atoms with Crippen LogP contribution in [0.1, 0.15) is 39.4 Å². The lowest BCUT2D eigenvalue weighted by Gasteiger charge is -2.14. The minimum Gasteiger partial charge on any atom is -0.380 e. The van der Waals surface area contributed by atoms with Crippen molar-refractivity contribution in [3.8, 4) is 0 Å². The molecule has 11 nitrogen and oxygen atoms in total. The highest BCUT2D eigenvalue weighted by atomic mass is 16.5. The maximum atomic E-state index is 12.9. The molecule has 2 aromatic rings. The minimum atomic E-state index is -0.649. The predicted molar refractivity (Wildman–Crippen MR) is 88.3 cm³/mol. The molecule has 1 fully saturated rings. The third-order valence-corrected chi connectivity index (χ3v) is 4.52. The first kappa shape index (κ1) is 19.0.